The Morgan fingerprint density at radius 2 is 1.94 bits per heavy atom. The van der Waals surface area contributed by atoms with Crippen molar-refractivity contribution in [2.24, 2.45) is 5.73 Å². The van der Waals surface area contributed by atoms with Gasteiger partial charge in [0.2, 0.25) is 0 Å². The first-order valence-electron chi connectivity index (χ1n) is 6.89. The van der Waals surface area contributed by atoms with Crippen molar-refractivity contribution in [3.05, 3.63) is 16.1 Å². The summed E-state index contributed by atoms with van der Waals surface area (Å²) >= 11 is 1.74. The molecule has 1 heterocycles. The summed E-state index contributed by atoms with van der Waals surface area (Å²) < 4.78 is 0. The van der Waals surface area contributed by atoms with Crippen molar-refractivity contribution in [2.45, 2.75) is 71.3 Å². The van der Waals surface area contributed by atoms with Crippen LogP contribution in [0.2, 0.25) is 0 Å². The Hall–Kier alpha value is -0.410. The van der Waals surface area contributed by atoms with Crippen LogP contribution in [0.1, 0.15) is 62.6 Å². The van der Waals surface area contributed by atoms with Crippen molar-refractivity contribution < 1.29 is 0 Å². The largest absolute Gasteiger partial charge is 0.327 e. The van der Waals surface area contributed by atoms with Crippen LogP contribution < -0.4 is 5.73 Å². The Morgan fingerprint density at radius 3 is 2.59 bits per heavy atom. The molecule has 1 unspecified atom stereocenters. The summed E-state index contributed by atoms with van der Waals surface area (Å²) in [6.45, 7) is 4.30. The monoisotopic (exact) mass is 254 g/mol. The van der Waals surface area contributed by atoms with Crippen molar-refractivity contribution in [2.75, 3.05) is 0 Å². The summed E-state index contributed by atoms with van der Waals surface area (Å²) in [7, 11) is 0. The average molecular weight is 254 g/mol. The zero-order chi connectivity index (χ0) is 12.5. The molecule has 0 aliphatic heterocycles. The van der Waals surface area contributed by atoms with Crippen LogP contribution in [0, 0.1) is 6.92 Å². The summed E-state index contributed by atoms with van der Waals surface area (Å²) in [4.78, 5) is 4.46. The molecule has 2 N–H and O–H groups in total. The molecule has 17 heavy (non-hydrogen) atoms. The average Bonchev–Trinajstić information content (AvgIpc) is 2.69. The van der Waals surface area contributed by atoms with E-state index in [0.29, 0.717) is 6.04 Å². The highest BCUT2D eigenvalue weighted by atomic mass is 32.1. The Balaban J connectivity index is 2.03. The van der Waals surface area contributed by atoms with Crippen LogP contribution in [0.4, 0.5) is 0 Å². The van der Waals surface area contributed by atoms with Gasteiger partial charge in [0.05, 0.1) is 5.01 Å². The lowest BCUT2D eigenvalue weighted by Crippen LogP contribution is -2.22. The normalized spacial score (nSPS) is 12.9. The van der Waals surface area contributed by atoms with E-state index in [4.69, 9.17) is 5.73 Å². The Labute approximate surface area is 110 Å². The van der Waals surface area contributed by atoms with Gasteiger partial charge in [0.15, 0.2) is 0 Å². The zero-order valence-electron chi connectivity index (χ0n) is 11.2. The van der Waals surface area contributed by atoms with Gasteiger partial charge in [0, 0.05) is 23.5 Å². The summed E-state index contributed by atoms with van der Waals surface area (Å²) in [6.07, 6.45) is 10.2. The lowest BCUT2D eigenvalue weighted by atomic mass is 10.0. The van der Waals surface area contributed by atoms with Crippen molar-refractivity contribution in [1.29, 1.82) is 0 Å². The van der Waals surface area contributed by atoms with Gasteiger partial charge in [-0.15, -0.1) is 11.3 Å². The van der Waals surface area contributed by atoms with Crippen LogP contribution in [-0.2, 0) is 6.42 Å². The number of hydrogen-bond acceptors (Lipinski definition) is 3. The van der Waals surface area contributed by atoms with Crippen LogP contribution in [-0.4, -0.2) is 11.0 Å². The molecular formula is C14H26N2S. The molecule has 0 amide bonds. The fourth-order valence-electron chi connectivity index (χ4n) is 2.01. The van der Waals surface area contributed by atoms with Gasteiger partial charge in [0.25, 0.3) is 0 Å². The third-order valence-corrected chi connectivity index (χ3v) is 4.02. The number of aryl methyl sites for hydroxylation is 1. The molecule has 1 atom stereocenters. The predicted molar refractivity (Wildman–Crippen MR) is 76.5 cm³/mol. The van der Waals surface area contributed by atoms with E-state index in [9.17, 15) is 0 Å². The maximum absolute atomic E-state index is 6.12. The third-order valence-electron chi connectivity index (χ3n) is 3.03. The van der Waals surface area contributed by atoms with E-state index < -0.39 is 0 Å². The molecule has 0 saturated heterocycles. The minimum atomic E-state index is 0.298. The molecule has 0 aliphatic rings. The van der Waals surface area contributed by atoms with E-state index in [-0.39, 0.29) is 0 Å². The first kappa shape index (κ1) is 14.7. The predicted octanol–water partition coefficient (Wildman–Crippen LogP) is 4.07. The highest BCUT2D eigenvalue weighted by Crippen LogP contribution is 2.14. The first-order valence-corrected chi connectivity index (χ1v) is 7.77. The van der Waals surface area contributed by atoms with Gasteiger partial charge in [-0.1, -0.05) is 45.4 Å². The molecule has 2 nitrogen and oxygen atoms in total. The molecule has 1 rings (SSSR count). The molecule has 98 valence electrons. The number of nitrogens with two attached hydrogens (primary N) is 1. The van der Waals surface area contributed by atoms with Crippen molar-refractivity contribution >= 4 is 11.3 Å². The lowest BCUT2D eigenvalue weighted by molar-refractivity contribution is 0.532. The smallest absolute Gasteiger partial charge is 0.0943 e. The second-order valence-electron chi connectivity index (χ2n) is 4.90. The fourth-order valence-corrected chi connectivity index (χ4v) is 2.88. The van der Waals surface area contributed by atoms with Crippen LogP contribution in [0.25, 0.3) is 0 Å². The van der Waals surface area contributed by atoms with Gasteiger partial charge in [-0.05, 0) is 13.3 Å². The third kappa shape index (κ3) is 6.79. The second-order valence-corrected chi connectivity index (χ2v) is 5.85. The number of unbranched alkanes of at least 4 members (excludes halogenated alkanes) is 5. The number of nitrogens with zero attached hydrogens (tertiary/aromatic N) is 1. The van der Waals surface area contributed by atoms with Gasteiger partial charge in [-0.25, -0.2) is 4.98 Å². The molecule has 0 spiro atoms. The summed E-state index contributed by atoms with van der Waals surface area (Å²) in [5, 5.41) is 3.30. The van der Waals surface area contributed by atoms with Gasteiger partial charge >= 0.3 is 0 Å². The molecule has 1 aromatic rings. The number of thiazole rings is 1. The molecule has 0 aromatic carbocycles. The molecule has 0 saturated carbocycles. The van der Waals surface area contributed by atoms with E-state index in [2.05, 4.69) is 17.3 Å². The van der Waals surface area contributed by atoms with Crippen LogP contribution in [0.3, 0.4) is 0 Å². The SMILES string of the molecule is CCCCCCCCC(N)Cc1nc(C)cs1. The lowest BCUT2D eigenvalue weighted by Gasteiger charge is -2.09. The van der Waals surface area contributed by atoms with Crippen LogP contribution >= 0.6 is 11.3 Å². The van der Waals surface area contributed by atoms with E-state index in [1.165, 1.54) is 43.5 Å². The topological polar surface area (TPSA) is 38.9 Å². The van der Waals surface area contributed by atoms with Gasteiger partial charge in [-0.3, -0.25) is 0 Å². The Bertz CT molecular complexity index is 296. The van der Waals surface area contributed by atoms with E-state index in [1.807, 2.05) is 6.92 Å². The molecule has 0 aliphatic carbocycles. The number of rotatable bonds is 9. The van der Waals surface area contributed by atoms with Gasteiger partial charge in [0.1, 0.15) is 0 Å². The van der Waals surface area contributed by atoms with Gasteiger partial charge in [-0.2, -0.15) is 0 Å². The molecule has 0 radical (unpaired) electrons. The number of aromatic nitrogens is 1. The minimum absolute atomic E-state index is 0.298. The Morgan fingerprint density at radius 1 is 1.24 bits per heavy atom. The maximum atomic E-state index is 6.12. The van der Waals surface area contributed by atoms with E-state index >= 15 is 0 Å². The maximum Gasteiger partial charge on any atom is 0.0943 e. The highest BCUT2D eigenvalue weighted by Gasteiger charge is 2.06. The van der Waals surface area contributed by atoms with Crippen molar-refractivity contribution in [1.82, 2.24) is 4.98 Å². The Kier molecular flexibility index (Phi) is 7.45. The van der Waals surface area contributed by atoms with Crippen molar-refractivity contribution in [3.8, 4) is 0 Å². The number of hydrogen-bond donors (Lipinski definition) is 1. The summed E-state index contributed by atoms with van der Waals surface area (Å²) in [5.41, 5.74) is 7.24. The fraction of sp³-hybridized carbons (Fsp3) is 0.786. The first-order chi connectivity index (χ1) is 8.22. The van der Waals surface area contributed by atoms with Crippen LogP contribution in [0.15, 0.2) is 5.38 Å². The molecule has 0 fully saturated rings. The molecule has 3 heteroatoms. The quantitative estimate of drug-likeness (QED) is 0.675. The van der Waals surface area contributed by atoms with Crippen LogP contribution in [0.5, 0.6) is 0 Å². The zero-order valence-corrected chi connectivity index (χ0v) is 12.1. The molecule has 1 aromatic heterocycles. The standard InChI is InChI=1S/C14H26N2S/c1-3-4-5-6-7-8-9-13(15)10-14-16-12(2)11-17-14/h11,13H,3-10,15H2,1-2H3. The molecule has 0 bridgehead atoms. The molecular weight excluding hydrogens is 228 g/mol. The summed E-state index contributed by atoms with van der Waals surface area (Å²) in [6, 6.07) is 0.298. The van der Waals surface area contributed by atoms with Crippen molar-refractivity contribution in [3.63, 3.8) is 0 Å². The van der Waals surface area contributed by atoms with E-state index in [0.717, 1.165) is 18.5 Å². The second kappa shape index (κ2) is 8.65. The summed E-state index contributed by atoms with van der Waals surface area (Å²) in [5.74, 6) is 0. The highest BCUT2D eigenvalue weighted by molar-refractivity contribution is 7.09. The van der Waals surface area contributed by atoms with E-state index in [1.54, 1.807) is 11.3 Å². The minimum Gasteiger partial charge on any atom is -0.327 e. The van der Waals surface area contributed by atoms with Gasteiger partial charge < -0.3 is 5.73 Å².